The van der Waals surface area contributed by atoms with E-state index in [2.05, 4.69) is 30.0 Å². The normalized spacial score (nSPS) is 16.1. The first kappa shape index (κ1) is 16.1. The SMILES string of the molecule is c1ccc2oc(C3CCN(Cc4nc(-c5cnccn5)no4)CC3)nc2c1. The Morgan fingerprint density at radius 1 is 1.07 bits per heavy atom. The molecule has 0 amide bonds. The van der Waals surface area contributed by atoms with Crippen molar-refractivity contribution in [2.75, 3.05) is 13.1 Å². The van der Waals surface area contributed by atoms with E-state index in [-0.39, 0.29) is 0 Å². The Hall–Kier alpha value is -3.13. The molecule has 0 bridgehead atoms. The van der Waals surface area contributed by atoms with Crippen LogP contribution in [0, 0.1) is 0 Å². The highest BCUT2D eigenvalue weighted by Gasteiger charge is 2.25. The van der Waals surface area contributed by atoms with Crippen molar-refractivity contribution < 1.29 is 8.94 Å². The van der Waals surface area contributed by atoms with Gasteiger partial charge >= 0.3 is 0 Å². The molecule has 0 spiro atoms. The summed E-state index contributed by atoms with van der Waals surface area (Å²) in [6.45, 7) is 2.51. The predicted octanol–water partition coefficient (Wildman–Crippen LogP) is 3.05. The second-order valence-corrected chi connectivity index (χ2v) is 6.67. The quantitative estimate of drug-likeness (QED) is 0.547. The summed E-state index contributed by atoms with van der Waals surface area (Å²) in [4.78, 5) is 19.6. The summed E-state index contributed by atoms with van der Waals surface area (Å²) in [6.07, 6.45) is 6.85. The molecule has 0 N–H and O–H groups in total. The fourth-order valence-electron chi connectivity index (χ4n) is 3.43. The number of benzene rings is 1. The van der Waals surface area contributed by atoms with Crippen molar-refractivity contribution in [2.45, 2.75) is 25.3 Å². The van der Waals surface area contributed by atoms with Crippen LogP contribution >= 0.6 is 0 Å². The number of likely N-dealkylation sites (tertiary alicyclic amines) is 1. The van der Waals surface area contributed by atoms with Crippen molar-refractivity contribution >= 4 is 11.1 Å². The molecule has 4 heterocycles. The van der Waals surface area contributed by atoms with Crippen LogP contribution in [0.4, 0.5) is 0 Å². The molecule has 0 aliphatic carbocycles. The van der Waals surface area contributed by atoms with E-state index >= 15 is 0 Å². The maximum absolute atomic E-state index is 5.93. The van der Waals surface area contributed by atoms with E-state index in [9.17, 15) is 0 Å². The largest absolute Gasteiger partial charge is 0.440 e. The van der Waals surface area contributed by atoms with Crippen LogP contribution in [0.25, 0.3) is 22.6 Å². The maximum atomic E-state index is 5.93. The summed E-state index contributed by atoms with van der Waals surface area (Å²) in [5, 5.41) is 4.00. The third-order valence-corrected chi connectivity index (χ3v) is 4.87. The van der Waals surface area contributed by atoms with Crippen LogP contribution in [0.3, 0.4) is 0 Å². The minimum atomic E-state index is 0.353. The van der Waals surface area contributed by atoms with Gasteiger partial charge in [0.1, 0.15) is 11.2 Å². The molecule has 0 saturated carbocycles. The molecule has 0 atom stereocenters. The highest BCUT2D eigenvalue weighted by molar-refractivity contribution is 5.72. The highest BCUT2D eigenvalue weighted by Crippen LogP contribution is 2.30. The van der Waals surface area contributed by atoms with Gasteiger partial charge in [-0.2, -0.15) is 4.98 Å². The molecule has 27 heavy (non-hydrogen) atoms. The lowest BCUT2D eigenvalue weighted by Gasteiger charge is -2.29. The first-order valence-corrected chi connectivity index (χ1v) is 9.02. The van der Waals surface area contributed by atoms with Crippen LogP contribution in [0.2, 0.25) is 0 Å². The zero-order valence-corrected chi connectivity index (χ0v) is 14.7. The minimum absolute atomic E-state index is 0.353. The number of para-hydroxylation sites is 2. The zero-order chi connectivity index (χ0) is 18.1. The van der Waals surface area contributed by atoms with Gasteiger partial charge in [-0.3, -0.25) is 9.88 Å². The van der Waals surface area contributed by atoms with Gasteiger partial charge in [0.2, 0.25) is 11.7 Å². The van der Waals surface area contributed by atoms with E-state index in [0.717, 1.165) is 42.9 Å². The first-order valence-electron chi connectivity index (χ1n) is 9.02. The van der Waals surface area contributed by atoms with Crippen LogP contribution in [-0.4, -0.2) is 43.1 Å². The highest BCUT2D eigenvalue weighted by atomic mass is 16.5. The molecule has 1 saturated heterocycles. The molecule has 136 valence electrons. The zero-order valence-electron chi connectivity index (χ0n) is 14.7. The first-order chi connectivity index (χ1) is 13.3. The van der Waals surface area contributed by atoms with Gasteiger partial charge in [-0.05, 0) is 38.1 Å². The van der Waals surface area contributed by atoms with Crippen molar-refractivity contribution in [2.24, 2.45) is 0 Å². The fourth-order valence-corrected chi connectivity index (χ4v) is 3.43. The van der Waals surface area contributed by atoms with Gasteiger partial charge in [0.05, 0.1) is 12.7 Å². The molecule has 1 fully saturated rings. The molecule has 0 unspecified atom stereocenters. The van der Waals surface area contributed by atoms with Gasteiger partial charge in [0.15, 0.2) is 11.5 Å². The Morgan fingerprint density at radius 3 is 2.78 bits per heavy atom. The van der Waals surface area contributed by atoms with E-state index in [0.29, 0.717) is 29.9 Å². The molecule has 5 rings (SSSR count). The van der Waals surface area contributed by atoms with Gasteiger partial charge in [0.25, 0.3) is 0 Å². The maximum Gasteiger partial charge on any atom is 0.241 e. The number of hydrogen-bond donors (Lipinski definition) is 0. The molecule has 8 nitrogen and oxygen atoms in total. The minimum Gasteiger partial charge on any atom is -0.440 e. The van der Waals surface area contributed by atoms with Gasteiger partial charge in [-0.1, -0.05) is 17.3 Å². The second kappa shape index (κ2) is 6.88. The van der Waals surface area contributed by atoms with E-state index in [1.807, 2.05) is 24.3 Å². The van der Waals surface area contributed by atoms with E-state index in [1.165, 1.54) is 0 Å². The van der Waals surface area contributed by atoms with Crippen LogP contribution in [-0.2, 0) is 6.54 Å². The lowest BCUT2D eigenvalue weighted by atomic mass is 9.97. The molecular formula is C19H18N6O2. The van der Waals surface area contributed by atoms with Crippen molar-refractivity contribution in [3.63, 3.8) is 0 Å². The van der Waals surface area contributed by atoms with Crippen LogP contribution in [0.5, 0.6) is 0 Å². The third-order valence-electron chi connectivity index (χ3n) is 4.87. The van der Waals surface area contributed by atoms with Gasteiger partial charge < -0.3 is 8.94 Å². The Labute approximate surface area is 155 Å². The summed E-state index contributed by atoms with van der Waals surface area (Å²) in [5.41, 5.74) is 2.40. The van der Waals surface area contributed by atoms with Gasteiger partial charge in [-0.25, -0.2) is 9.97 Å². The topological polar surface area (TPSA) is 94.0 Å². The molecule has 4 aromatic rings. The predicted molar refractivity (Wildman–Crippen MR) is 96.6 cm³/mol. The molecule has 1 aliphatic rings. The van der Waals surface area contributed by atoms with E-state index < -0.39 is 0 Å². The second-order valence-electron chi connectivity index (χ2n) is 6.67. The number of oxazole rings is 1. The molecule has 1 aromatic carbocycles. The van der Waals surface area contributed by atoms with Crippen LogP contribution in [0.1, 0.15) is 30.5 Å². The van der Waals surface area contributed by atoms with E-state index in [1.54, 1.807) is 18.6 Å². The smallest absolute Gasteiger partial charge is 0.241 e. The van der Waals surface area contributed by atoms with Gasteiger partial charge in [-0.15, -0.1) is 0 Å². The average molecular weight is 362 g/mol. The number of hydrogen-bond acceptors (Lipinski definition) is 8. The number of piperidine rings is 1. The summed E-state index contributed by atoms with van der Waals surface area (Å²) < 4.78 is 11.3. The van der Waals surface area contributed by atoms with Gasteiger partial charge in [0, 0.05) is 18.3 Å². The fraction of sp³-hybridized carbons (Fsp3) is 0.316. The molecule has 1 aliphatic heterocycles. The van der Waals surface area contributed by atoms with Crippen LogP contribution in [0.15, 0.2) is 51.8 Å². The lowest BCUT2D eigenvalue weighted by molar-refractivity contribution is 0.173. The van der Waals surface area contributed by atoms with Crippen molar-refractivity contribution in [1.29, 1.82) is 0 Å². The summed E-state index contributed by atoms with van der Waals surface area (Å²) >= 11 is 0. The standard InChI is InChI=1S/C19H18N6O2/c1-2-4-16-14(3-1)22-19(26-16)13-5-9-25(10-6-13)12-17-23-18(24-27-17)15-11-20-7-8-21-15/h1-4,7-8,11,13H,5-6,9-10,12H2. The Balaban J connectivity index is 1.21. The summed E-state index contributed by atoms with van der Waals surface area (Å²) in [7, 11) is 0. The third kappa shape index (κ3) is 3.31. The average Bonchev–Trinajstić information content (AvgIpc) is 3.36. The van der Waals surface area contributed by atoms with Crippen molar-refractivity contribution in [3.05, 3.63) is 54.6 Å². The molecule has 0 radical (unpaired) electrons. The number of nitrogens with zero attached hydrogens (tertiary/aromatic N) is 6. The lowest BCUT2D eigenvalue weighted by Crippen LogP contribution is -2.32. The number of rotatable bonds is 4. The molecule has 3 aromatic heterocycles. The van der Waals surface area contributed by atoms with Crippen molar-refractivity contribution in [1.82, 2.24) is 30.0 Å². The van der Waals surface area contributed by atoms with Crippen LogP contribution < -0.4 is 0 Å². The summed E-state index contributed by atoms with van der Waals surface area (Å²) in [5.74, 6) is 2.26. The Morgan fingerprint density at radius 2 is 1.96 bits per heavy atom. The molecular weight excluding hydrogens is 344 g/mol. The van der Waals surface area contributed by atoms with E-state index in [4.69, 9.17) is 8.94 Å². The number of aromatic nitrogens is 5. The Bertz CT molecular complexity index is 1000. The Kier molecular flexibility index (Phi) is 4.10. The monoisotopic (exact) mass is 362 g/mol. The number of fused-ring (bicyclic) bond motifs is 1. The molecule has 8 heteroatoms. The van der Waals surface area contributed by atoms with Crippen molar-refractivity contribution in [3.8, 4) is 11.5 Å². The summed E-state index contributed by atoms with van der Waals surface area (Å²) in [6, 6.07) is 7.91.